The van der Waals surface area contributed by atoms with Gasteiger partial charge in [0.25, 0.3) is 0 Å². The van der Waals surface area contributed by atoms with Crippen molar-refractivity contribution in [3.8, 4) is 0 Å². The number of thiophene rings is 1. The van der Waals surface area contributed by atoms with E-state index in [1.807, 2.05) is 11.2 Å². The van der Waals surface area contributed by atoms with Crippen molar-refractivity contribution in [1.29, 1.82) is 0 Å². The van der Waals surface area contributed by atoms with Gasteiger partial charge in [0.15, 0.2) is 0 Å². The number of nitrogens with two attached hydrogens (primary N) is 1. The lowest BCUT2D eigenvalue weighted by molar-refractivity contribution is -0.133. The number of carbonyl (C=O) groups excluding carboxylic acids is 1. The number of amides is 1. The number of thioether (sulfide) groups is 1. The molecule has 1 aromatic rings. The van der Waals surface area contributed by atoms with E-state index >= 15 is 0 Å². The summed E-state index contributed by atoms with van der Waals surface area (Å²) in [6, 6.07) is 2.04. The molecular formula is C13H20N2OS2. The third-order valence-electron chi connectivity index (χ3n) is 3.41. The second-order valence-electron chi connectivity index (χ2n) is 4.63. The van der Waals surface area contributed by atoms with Crippen molar-refractivity contribution in [2.45, 2.75) is 31.3 Å². The number of hydrogen-bond donors (Lipinski definition) is 1. The van der Waals surface area contributed by atoms with Crippen molar-refractivity contribution in [1.82, 2.24) is 4.90 Å². The van der Waals surface area contributed by atoms with E-state index in [1.54, 1.807) is 23.1 Å². The molecule has 1 amide bonds. The zero-order chi connectivity index (χ0) is 13.0. The van der Waals surface area contributed by atoms with Crippen molar-refractivity contribution in [2.75, 3.05) is 18.6 Å². The van der Waals surface area contributed by atoms with Crippen LogP contribution in [0.4, 0.5) is 0 Å². The van der Waals surface area contributed by atoms with Gasteiger partial charge in [0, 0.05) is 6.54 Å². The van der Waals surface area contributed by atoms with Crippen LogP contribution in [0.3, 0.4) is 0 Å². The highest BCUT2D eigenvalue weighted by atomic mass is 32.2. The van der Waals surface area contributed by atoms with Crippen LogP contribution in [0, 0.1) is 0 Å². The predicted molar refractivity (Wildman–Crippen MR) is 79.0 cm³/mol. The molecular weight excluding hydrogens is 264 g/mol. The molecule has 0 aliphatic carbocycles. The normalized spacial score (nSPS) is 21.2. The smallest absolute Gasteiger partial charge is 0.240 e. The van der Waals surface area contributed by atoms with Crippen LogP contribution in [0.25, 0.3) is 0 Å². The van der Waals surface area contributed by atoms with E-state index in [4.69, 9.17) is 5.73 Å². The van der Waals surface area contributed by atoms with Gasteiger partial charge >= 0.3 is 0 Å². The first kappa shape index (κ1) is 13.9. The van der Waals surface area contributed by atoms with E-state index in [2.05, 4.69) is 16.8 Å². The molecule has 1 fully saturated rings. The van der Waals surface area contributed by atoms with Gasteiger partial charge in [-0.25, -0.2) is 0 Å². The fourth-order valence-corrected chi connectivity index (χ4v) is 3.62. The van der Waals surface area contributed by atoms with Gasteiger partial charge in [-0.2, -0.15) is 23.1 Å². The predicted octanol–water partition coefficient (Wildman–Crippen LogP) is 2.49. The van der Waals surface area contributed by atoms with E-state index in [0.717, 1.165) is 31.6 Å². The molecule has 0 saturated carbocycles. The Morgan fingerprint density at radius 2 is 2.56 bits per heavy atom. The molecule has 0 radical (unpaired) electrons. The molecule has 5 heteroatoms. The Morgan fingerprint density at radius 1 is 1.72 bits per heavy atom. The lowest BCUT2D eigenvalue weighted by atomic mass is 10.1. The van der Waals surface area contributed by atoms with Gasteiger partial charge in [-0.1, -0.05) is 0 Å². The molecule has 1 unspecified atom stereocenters. The Morgan fingerprint density at radius 3 is 3.22 bits per heavy atom. The molecule has 0 aromatic carbocycles. The van der Waals surface area contributed by atoms with Crippen LogP contribution in [-0.2, 0) is 4.79 Å². The summed E-state index contributed by atoms with van der Waals surface area (Å²) < 4.78 is 0. The summed E-state index contributed by atoms with van der Waals surface area (Å²) in [7, 11) is 0. The zero-order valence-electron chi connectivity index (χ0n) is 10.7. The fourth-order valence-electron chi connectivity index (χ4n) is 2.42. The SMILES string of the molecule is CSCC[C@H](N)C(=O)N1CCCC1c1ccsc1. The second-order valence-corrected chi connectivity index (χ2v) is 6.40. The van der Waals surface area contributed by atoms with Gasteiger partial charge in [-0.05, 0) is 53.7 Å². The van der Waals surface area contributed by atoms with Crippen LogP contribution in [0.2, 0.25) is 0 Å². The molecule has 2 N–H and O–H groups in total. The van der Waals surface area contributed by atoms with E-state index in [0.29, 0.717) is 0 Å². The topological polar surface area (TPSA) is 46.3 Å². The van der Waals surface area contributed by atoms with Crippen molar-refractivity contribution >= 4 is 29.0 Å². The molecule has 1 aromatic heterocycles. The average Bonchev–Trinajstić information content (AvgIpc) is 3.03. The third-order valence-corrected chi connectivity index (χ3v) is 4.76. The molecule has 0 spiro atoms. The van der Waals surface area contributed by atoms with E-state index < -0.39 is 0 Å². The van der Waals surface area contributed by atoms with Crippen molar-refractivity contribution in [3.05, 3.63) is 22.4 Å². The van der Waals surface area contributed by atoms with Crippen LogP contribution in [0.15, 0.2) is 16.8 Å². The van der Waals surface area contributed by atoms with Gasteiger partial charge in [0.05, 0.1) is 12.1 Å². The summed E-state index contributed by atoms with van der Waals surface area (Å²) in [5, 5.41) is 4.22. The molecule has 1 aliphatic heterocycles. The van der Waals surface area contributed by atoms with Crippen molar-refractivity contribution in [2.24, 2.45) is 5.73 Å². The largest absolute Gasteiger partial charge is 0.334 e. The molecule has 0 bridgehead atoms. The number of rotatable bonds is 5. The van der Waals surface area contributed by atoms with Crippen LogP contribution in [0.5, 0.6) is 0 Å². The minimum absolute atomic E-state index is 0.123. The quantitative estimate of drug-likeness (QED) is 0.903. The molecule has 1 saturated heterocycles. The van der Waals surface area contributed by atoms with E-state index in [9.17, 15) is 4.79 Å². The lowest BCUT2D eigenvalue weighted by Crippen LogP contribution is -2.43. The lowest BCUT2D eigenvalue weighted by Gasteiger charge is -2.27. The summed E-state index contributed by atoms with van der Waals surface area (Å²) in [6.07, 6.45) is 4.97. The number of nitrogens with zero attached hydrogens (tertiary/aromatic N) is 1. The molecule has 2 atom stereocenters. The van der Waals surface area contributed by atoms with Crippen LogP contribution >= 0.6 is 23.1 Å². The van der Waals surface area contributed by atoms with Crippen molar-refractivity contribution < 1.29 is 4.79 Å². The molecule has 1 aliphatic rings. The number of hydrogen-bond acceptors (Lipinski definition) is 4. The van der Waals surface area contributed by atoms with Gasteiger partial charge in [-0.15, -0.1) is 0 Å². The zero-order valence-corrected chi connectivity index (χ0v) is 12.3. The van der Waals surface area contributed by atoms with Crippen LogP contribution < -0.4 is 5.73 Å². The maximum Gasteiger partial charge on any atom is 0.240 e. The van der Waals surface area contributed by atoms with Gasteiger partial charge in [0.1, 0.15) is 0 Å². The first-order valence-corrected chi connectivity index (χ1v) is 8.65. The van der Waals surface area contributed by atoms with Gasteiger partial charge in [0.2, 0.25) is 5.91 Å². The summed E-state index contributed by atoms with van der Waals surface area (Å²) in [5.74, 6) is 1.07. The molecule has 2 heterocycles. The summed E-state index contributed by atoms with van der Waals surface area (Å²) >= 11 is 3.43. The highest BCUT2D eigenvalue weighted by Gasteiger charge is 2.32. The highest BCUT2D eigenvalue weighted by Crippen LogP contribution is 2.33. The van der Waals surface area contributed by atoms with E-state index in [-0.39, 0.29) is 18.0 Å². The highest BCUT2D eigenvalue weighted by molar-refractivity contribution is 7.98. The minimum Gasteiger partial charge on any atom is -0.334 e. The Balaban J connectivity index is 2.00. The van der Waals surface area contributed by atoms with Crippen LogP contribution in [0.1, 0.15) is 30.9 Å². The van der Waals surface area contributed by atoms with Crippen LogP contribution in [-0.4, -0.2) is 35.4 Å². The monoisotopic (exact) mass is 284 g/mol. The second kappa shape index (κ2) is 6.59. The average molecular weight is 284 g/mol. The van der Waals surface area contributed by atoms with Gasteiger partial charge < -0.3 is 10.6 Å². The summed E-state index contributed by atoms with van der Waals surface area (Å²) in [4.78, 5) is 14.3. The Hall–Kier alpha value is -0.520. The number of likely N-dealkylation sites (tertiary alicyclic amines) is 1. The Kier molecular flexibility index (Phi) is 5.09. The Labute approximate surface area is 117 Å². The summed E-state index contributed by atoms with van der Waals surface area (Å²) in [6.45, 7) is 0.853. The third kappa shape index (κ3) is 3.08. The van der Waals surface area contributed by atoms with E-state index in [1.165, 1.54) is 5.56 Å². The molecule has 100 valence electrons. The standard InChI is InChI=1S/C13H20N2OS2/c1-17-7-5-11(14)13(16)15-6-2-3-12(15)10-4-8-18-9-10/h4,8-9,11-12H,2-3,5-7,14H2,1H3/t11-,12?/m0/s1. The molecule has 18 heavy (non-hydrogen) atoms. The maximum absolute atomic E-state index is 12.4. The minimum atomic E-state index is -0.336. The first-order chi connectivity index (χ1) is 8.74. The first-order valence-electron chi connectivity index (χ1n) is 6.31. The summed E-state index contributed by atoms with van der Waals surface area (Å²) in [5.41, 5.74) is 7.26. The molecule has 3 nitrogen and oxygen atoms in total. The Bertz CT molecular complexity index is 380. The van der Waals surface area contributed by atoms with Gasteiger partial charge in [-0.3, -0.25) is 4.79 Å². The van der Waals surface area contributed by atoms with Crippen molar-refractivity contribution in [3.63, 3.8) is 0 Å². The molecule has 2 rings (SSSR count). The fraction of sp³-hybridized carbons (Fsp3) is 0.615. The maximum atomic E-state index is 12.4. The number of carbonyl (C=O) groups is 1.